The molecule has 3 nitrogen and oxygen atoms in total. The summed E-state index contributed by atoms with van der Waals surface area (Å²) >= 11 is -1.43. The Bertz CT molecular complexity index is 1190. The van der Waals surface area contributed by atoms with Crippen LogP contribution >= 0.6 is 21.2 Å². The Morgan fingerprint density at radius 2 is 0.561 bits per heavy atom. The molecule has 1 N–H and O–H groups in total. The molecule has 0 spiro atoms. The third-order valence-electron chi connectivity index (χ3n) is 14.9. The van der Waals surface area contributed by atoms with Crippen LogP contribution in [0, 0.1) is 3.57 Å². The van der Waals surface area contributed by atoms with Crippen molar-refractivity contribution < 1.29 is 13.0 Å². The van der Waals surface area contributed by atoms with Crippen LogP contribution in [0.1, 0.15) is 351 Å². The summed E-state index contributed by atoms with van der Waals surface area (Å²) in [5.41, 5.74) is 4.84. The van der Waals surface area contributed by atoms with Gasteiger partial charge in [-0.05, 0) is 60.8 Å². The zero-order chi connectivity index (χ0) is 47.6. The Hall–Kier alpha value is -0.780. The summed E-state index contributed by atoms with van der Waals surface area (Å²) in [6.45, 7) is 6.89. The van der Waals surface area contributed by atoms with Crippen LogP contribution in [-0.2, 0) is 33.5 Å². The molecule has 0 saturated heterocycles. The molecular weight excluding hydrogens is 920 g/mol. The van der Waals surface area contributed by atoms with Gasteiger partial charge < -0.3 is 5.11 Å². The second kappa shape index (κ2) is 50.6. The third kappa shape index (κ3) is 39.0. The molecule has 0 aliphatic heterocycles. The SMILES string of the molecule is CCCCCCCCCCCCCCCCCCc1cc(CCCCCCCCCCCCCCCCCC)c(I=O)c(CC(=O)O)c1CCCCCCCCCCCCCCCCCC. The van der Waals surface area contributed by atoms with E-state index in [-0.39, 0.29) is 6.42 Å². The van der Waals surface area contributed by atoms with Crippen molar-refractivity contribution >= 4 is 27.2 Å². The first-order valence-corrected chi connectivity index (χ1v) is 32.2. The molecule has 1 aromatic carbocycles. The summed E-state index contributed by atoms with van der Waals surface area (Å²) in [5, 5.41) is 10.2. The molecule has 388 valence electrons. The average Bonchev–Trinajstić information content (AvgIpc) is 3.31. The van der Waals surface area contributed by atoms with E-state index in [1.54, 1.807) is 0 Å². The van der Waals surface area contributed by atoms with Gasteiger partial charge in [-0.15, -0.1) is 0 Å². The van der Waals surface area contributed by atoms with E-state index in [1.807, 2.05) is 0 Å². The first kappa shape index (κ1) is 63.2. The smallest absolute Gasteiger partial charge is 0.307 e. The molecule has 0 aromatic heterocycles. The van der Waals surface area contributed by atoms with Crippen LogP contribution in [0.5, 0.6) is 0 Å². The van der Waals surface area contributed by atoms with Crippen molar-refractivity contribution in [3.63, 3.8) is 0 Å². The number of aryl methyl sites for hydroxylation is 2. The molecular formula is C62H115IO3. The molecule has 0 fully saturated rings. The van der Waals surface area contributed by atoms with E-state index in [9.17, 15) is 13.0 Å². The number of benzene rings is 1. The maximum Gasteiger partial charge on any atom is 0.307 e. The molecule has 0 aliphatic carbocycles. The standard InChI is InChI=1S/C62H115IO3/c1-4-7-10-13-16-19-22-25-28-31-34-37-40-43-46-49-52-57-55-58(53-50-47-44-41-38-35-32-29-26-23-20-17-14-11-8-5-2)62(63-66)60(56-61(64)65)59(57)54-51-48-45-42-39-36-33-30-27-24-21-18-15-12-9-6-3/h55H,4-54,56H2,1-3H3,(H,64,65). The fraction of sp³-hybridized carbons (Fsp3) is 0.887. The van der Waals surface area contributed by atoms with Crippen molar-refractivity contribution in [2.75, 3.05) is 0 Å². The highest BCUT2D eigenvalue weighted by molar-refractivity contribution is 14.1. The van der Waals surface area contributed by atoms with Crippen molar-refractivity contribution in [2.24, 2.45) is 0 Å². The Morgan fingerprint density at radius 1 is 0.333 bits per heavy atom. The summed E-state index contributed by atoms with van der Waals surface area (Å²) < 4.78 is 14.0. The van der Waals surface area contributed by atoms with Gasteiger partial charge in [-0.25, -0.2) is 0 Å². The van der Waals surface area contributed by atoms with Crippen LogP contribution in [0.25, 0.3) is 0 Å². The van der Waals surface area contributed by atoms with Gasteiger partial charge in [-0.2, -0.15) is 0 Å². The van der Waals surface area contributed by atoms with E-state index in [4.69, 9.17) is 0 Å². The molecule has 0 unspecified atom stereocenters. The normalized spacial score (nSPS) is 11.6. The van der Waals surface area contributed by atoms with Crippen LogP contribution in [0.15, 0.2) is 6.07 Å². The lowest BCUT2D eigenvalue weighted by molar-refractivity contribution is -0.136. The lowest BCUT2D eigenvalue weighted by Crippen LogP contribution is -2.12. The summed E-state index contributed by atoms with van der Waals surface area (Å²) in [4.78, 5) is 12.4. The van der Waals surface area contributed by atoms with Gasteiger partial charge >= 0.3 is 5.97 Å². The van der Waals surface area contributed by atoms with Crippen molar-refractivity contribution in [1.82, 2.24) is 0 Å². The molecule has 66 heavy (non-hydrogen) atoms. The number of hydrogen-bond donors (Lipinski definition) is 1. The van der Waals surface area contributed by atoms with Crippen LogP contribution in [0.3, 0.4) is 0 Å². The van der Waals surface area contributed by atoms with Gasteiger partial charge in [0, 0.05) is 0 Å². The molecule has 0 aliphatic rings. The van der Waals surface area contributed by atoms with E-state index < -0.39 is 27.2 Å². The Labute approximate surface area is 424 Å². The highest BCUT2D eigenvalue weighted by Gasteiger charge is 2.20. The molecule has 0 radical (unpaired) electrons. The van der Waals surface area contributed by atoms with Crippen LogP contribution in [0.2, 0.25) is 0 Å². The Balaban J connectivity index is 2.63. The second-order valence-corrected chi connectivity index (χ2v) is 22.8. The fourth-order valence-electron chi connectivity index (χ4n) is 10.6. The average molecular weight is 1040 g/mol. The van der Waals surface area contributed by atoms with E-state index in [0.29, 0.717) is 0 Å². The molecule has 4 heteroatoms. The predicted molar refractivity (Wildman–Crippen MR) is 301 cm³/mol. The summed E-state index contributed by atoms with van der Waals surface area (Å²) in [6, 6.07) is 2.43. The number of hydrogen-bond acceptors (Lipinski definition) is 2. The largest absolute Gasteiger partial charge is 0.481 e. The lowest BCUT2D eigenvalue weighted by atomic mass is 9.88. The van der Waals surface area contributed by atoms with Crippen molar-refractivity contribution in [2.45, 2.75) is 355 Å². The van der Waals surface area contributed by atoms with Crippen LogP contribution in [-0.4, -0.2) is 11.1 Å². The van der Waals surface area contributed by atoms with Crippen molar-refractivity contribution in [3.8, 4) is 0 Å². The third-order valence-corrected chi connectivity index (χ3v) is 16.7. The van der Waals surface area contributed by atoms with Gasteiger partial charge in [-0.1, -0.05) is 316 Å². The van der Waals surface area contributed by atoms with Gasteiger partial charge in [0.25, 0.3) is 0 Å². The summed E-state index contributed by atoms with van der Waals surface area (Å²) in [7, 11) is 0. The van der Waals surface area contributed by atoms with E-state index in [0.717, 1.165) is 41.2 Å². The van der Waals surface area contributed by atoms with Crippen molar-refractivity contribution in [3.05, 3.63) is 31.9 Å². The minimum Gasteiger partial charge on any atom is -0.481 e. The van der Waals surface area contributed by atoms with Crippen molar-refractivity contribution in [1.29, 1.82) is 0 Å². The van der Waals surface area contributed by atoms with E-state index in [2.05, 4.69) is 26.8 Å². The van der Waals surface area contributed by atoms with Gasteiger partial charge in [0.15, 0.2) is 21.2 Å². The maximum absolute atomic E-state index is 13.0. The zero-order valence-electron chi connectivity index (χ0n) is 45.0. The molecule has 0 atom stereocenters. The Morgan fingerprint density at radius 3 is 0.803 bits per heavy atom. The van der Waals surface area contributed by atoms with Gasteiger partial charge in [0.05, 0.1) is 9.99 Å². The number of halogens is 1. The first-order chi connectivity index (χ1) is 32.6. The second-order valence-electron chi connectivity index (χ2n) is 21.3. The highest BCUT2D eigenvalue weighted by atomic mass is 127. The molecule has 0 bridgehead atoms. The molecule has 0 heterocycles. The number of aliphatic carboxylic acids is 1. The number of carboxylic acids is 1. The minimum absolute atomic E-state index is 0.0320. The summed E-state index contributed by atoms with van der Waals surface area (Å²) in [6.07, 6.45) is 68.6. The molecule has 0 saturated carbocycles. The number of carbonyl (C=O) groups is 1. The summed E-state index contributed by atoms with van der Waals surface area (Å²) in [5.74, 6) is -0.769. The van der Waals surface area contributed by atoms with Gasteiger partial charge in [-0.3, -0.25) is 7.86 Å². The minimum atomic E-state index is -1.43. The number of carboxylic acid groups (broad SMARTS) is 1. The quantitative estimate of drug-likeness (QED) is 0.0523. The van der Waals surface area contributed by atoms with Crippen LogP contribution in [0.4, 0.5) is 0 Å². The zero-order valence-corrected chi connectivity index (χ0v) is 47.1. The molecule has 1 rings (SSSR count). The highest BCUT2D eigenvalue weighted by Crippen LogP contribution is 2.32. The van der Waals surface area contributed by atoms with Gasteiger partial charge in [0.2, 0.25) is 0 Å². The Kier molecular flexibility index (Phi) is 48.5. The molecule has 0 amide bonds. The fourth-order valence-corrected chi connectivity index (χ4v) is 12.1. The topological polar surface area (TPSA) is 54.4 Å². The lowest BCUT2D eigenvalue weighted by Gasteiger charge is -2.20. The number of unbranched alkanes of at least 4 members (excludes halogenated alkanes) is 45. The first-order valence-electron chi connectivity index (χ1n) is 30.2. The van der Waals surface area contributed by atoms with E-state index >= 15 is 0 Å². The van der Waals surface area contributed by atoms with Gasteiger partial charge in [0.1, 0.15) is 0 Å². The predicted octanol–water partition coefficient (Wildman–Crippen LogP) is 22.2. The molecule has 1 aromatic rings. The van der Waals surface area contributed by atoms with Crippen LogP contribution < -0.4 is 0 Å². The maximum atomic E-state index is 13.0. The number of rotatable bonds is 54. The monoisotopic (exact) mass is 1030 g/mol. The van der Waals surface area contributed by atoms with E-state index in [1.165, 1.54) is 312 Å².